The molecule has 0 saturated carbocycles. The van der Waals surface area contributed by atoms with Gasteiger partial charge in [0.2, 0.25) is 0 Å². The number of thioether (sulfide) groups is 1. The predicted molar refractivity (Wildman–Crippen MR) is 108 cm³/mol. The monoisotopic (exact) mass is 402 g/mol. The van der Waals surface area contributed by atoms with Crippen LogP contribution < -0.4 is 0 Å². The quantitative estimate of drug-likeness (QED) is 0.672. The zero-order valence-corrected chi connectivity index (χ0v) is 17.4. The van der Waals surface area contributed by atoms with Gasteiger partial charge in [-0.3, -0.25) is 14.5 Å². The molecule has 28 heavy (non-hydrogen) atoms. The van der Waals surface area contributed by atoms with Crippen molar-refractivity contribution in [3.63, 3.8) is 0 Å². The highest BCUT2D eigenvalue weighted by Gasteiger charge is 2.53. The Bertz CT molecular complexity index is 789. The summed E-state index contributed by atoms with van der Waals surface area (Å²) >= 11 is 1.85. The van der Waals surface area contributed by atoms with E-state index in [-0.39, 0.29) is 28.7 Å². The van der Waals surface area contributed by atoms with Crippen molar-refractivity contribution in [1.29, 1.82) is 0 Å². The number of benzene rings is 1. The normalized spacial score (nSPS) is 24.0. The molecule has 150 valence electrons. The maximum Gasteiger partial charge on any atom is 0.410 e. The van der Waals surface area contributed by atoms with Crippen LogP contribution in [-0.2, 0) is 4.74 Å². The molecule has 3 aliphatic heterocycles. The Labute approximate surface area is 169 Å². The molecule has 2 fully saturated rings. The number of nitrogens with zero attached hydrogens (tertiary/aromatic N) is 2. The Balaban J connectivity index is 1.50. The third-order valence-electron chi connectivity index (χ3n) is 5.79. The number of fused-ring (bicyclic) bond motifs is 1. The average Bonchev–Trinajstić information content (AvgIpc) is 3.14. The Morgan fingerprint density at radius 3 is 2.21 bits per heavy atom. The second-order valence-electron chi connectivity index (χ2n) is 8.71. The molecule has 3 aliphatic rings. The van der Waals surface area contributed by atoms with Crippen LogP contribution in [0.3, 0.4) is 0 Å². The summed E-state index contributed by atoms with van der Waals surface area (Å²) in [5.74, 6) is 0.564. The molecule has 1 aromatic carbocycles. The van der Waals surface area contributed by atoms with E-state index in [2.05, 4.69) is 0 Å². The summed E-state index contributed by atoms with van der Waals surface area (Å²) in [6.07, 6.45) is 2.04. The molecular formula is C21H26N2O4S. The first-order chi connectivity index (χ1) is 13.2. The standard InChI is InChI=1S/C21H26N2O4S/c1-20(2,3)27-19(26)22-11-9-21(10-12-22)16(8-13-28-21)23-17(24)14-6-4-5-7-15(14)18(23)25/h4-7,16H,8-13H2,1-3H3. The zero-order chi connectivity index (χ0) is 20.1. The molecule has 1 atom stereocenters. The van der Waals surface area contributed by atoms with E-state index in [4.69, 9.17) is 4.74 Å². The fraction of sp³-hybridized carbons (Fsp3) is 0.571. The molecule has 3 heterocycles. The molecule has 1 unspecified atom stereocenters. The van der Waals surface area contributed by atoms with Crippen LogP contribution in [0, 0.1) is 0 Å². The van der Waals surface area contributed by atoms with Gasteiger partial charge in [0.25, 0.3) is 11.8 Å². The third kappa shape index (κ3) is 3.19. The second-order valence-corrected chi connectivity index (χ2v) is 10.2. The molecule has 0 aliphatic carbocycles. The number of piperidine rings is 1. The fourth-order valence-electron chi connectivity index (χ4n) is 4.46. The summed E-state index contributed by atoms with van der Waals surface area (Å²) in [4.78, 5) is 41.5. The highest BCUT2D eigenvalue weighted by molar-refractivity contribution is 8.01. The topological polar surface area (TPSA) is 66.9 Å². The maximum atomic E-state index is 13.0. The van der Waals surface area contributed by atoms with Crippen molar-refractivity contribution < 1.29 is 19.1 Å². The van der Waals surface area contributed by atoms with E-state index in [1.54, 1.807) is 29.2 Å². The lowest BCUT2D eigenvalue weighted by atomic mass is 9.86. The first-order valence-corrected chi connectivity index (χ1v) is 10.8. The average molecular weight is 403 g/mol. The summed E-state index contributed by atoms with van der Waals surface area (Å²) < 4.78 is 5.32. The van der Waals surface area contributed by atoms with Gasteiger partial charge in [-0.2, -0.15) is 11.8 Å². The van der Waals surface area contributed by atoms with Crippen LogP contribution >= 0.6 is 11.8 Å². The number of hydrogen-bond donors (Lipinski definition) is 0. The van der Waals surface area contributed by atoms with Crippen molar-refractivity contribution in [1.82, 2.24) is 9.80 Å². The van der Waals surface area contributed by atoms with Crippen LogP contribution in [0.5, 0.6) is 0 Å². The zero-order valence-electron chi connectivity index (χ0n) is 16.6. The molecule has 6 nitrogen and oxygen atoms in total. The summed E-state index contributed by atoms with van der Waals surface area (Å²) in [5.41, 5.74) is 0.494. The lowest BCUT2D eigenvalue weighted by Gasteiger charge is -2.44. The molecule has 7 heteroatoms. The van der Waals surface area contributed by atoms with Crippen LogP contribution in [0.15, 0.2) is 24.3 Å². The van der Waals surface area contributed by atoms with E-state index in [9.17, 15) is 14.4 Å². The molecular weight excluding hydrogens is 376 g/mol. The van der Waals surface area contributed by atoms with Crippen LogP contribution in [0.1, 0.15) is 60.7 Å². The van der Waals surface area contributed by atoms with Crippen molar-refractivity contribution in [3.8, 4) is 0 Å². The third-order valence-corrected chi connectivity index (χ3v) is 7.48. The summed E-state index contributed by atoms with van der Waals surface area (Å²) in [7, 11) is 0. The number of likely N-dealkylation sites (tertiary alicyclic amines) is 1. The van der Waals surface area contributed by atoms with Crippen molar-refractivity contribution >= 4 is 29.7 Å². The number of imide groups is 1. The van der Waals surface area contributed by atoms with Crippen LogP contribution in [-0.4, -0.2) is 62.9 Å². The first-order valence-electron chi connectivity index (χ1n) is 9.81. The van der Waals surface area contributed by atoms with E-state index in [0.29, 0.717) is 24.2 Å². The maximum absolute atomic E-state index is 13.0. The first kappa shape index (κ1) is 19.3. The second kappa shape index (κ2) is 6.79. The van der Waals surface area contributed by atoms with Gasteiger partial charge in [-0.1, -0.05) is 12.1 Å². The van der Waals surface area contributed by atoms with Gasteiger partial charge in [-0.25, -0.2) is 4.79 Å². The SMILES string of the molecule is CC(C)(C)OC(=O)N1CCC2(CC1)SCCC2N1C(=O)c2ccccc2C1=O. The molecule has 0 aromatic heterocycles. The summed E-state index contributed by atoms with van der Waals surface area (Å²) in [5, 5.41) is 0. The molecule has 0 N–H and O–H groups in total. The predicted octanol–water partition coefficient (Wildman–Crippen LogP) is 3.56. The number of ether oxygens (including phenoxy) is 1. The van der Waals surface area contributed by atoms with Crippen molar-refractivity contribution in [2.24, 2.45) is 0 Å². The van der Waals surface area contributed by atoms with Crippen LogP contribution in [0.4, 0.5) is 4.79 Å². The van der Waals surface area contributed by atoms with Crippen molar-refractivity contribution in [2.75, 3.05) is 18.8 Å². The summed E-state index contributed by atoms with van der Waals surface area (Å²) in [6.45, 7) is 6.76. The number of rotatable bonds is 1. The highest BCUT2D eigenvalue weighted by Crippen LogP contribution is 2.49. The number of carbonyl (C=O) groups excluding carboxylic acids is 3. The Kier molecular flexibility index (Phi) is 4.68. The minimum Gasteiger partial charge on any atom is -0.444 e. The Morgan fingerprint density at radius 2 is 1.68 bits per heavy atom. The van der Waals surface area contributed by atoms with Gasteiger partial charge in [0.1, 0.15) is 5.60 Å². The molecule has 0 radical (unpaired) electrons. The lowest BCUT2D eigenvalue weighted by Crippen LogP contribution is -2.56. The Morgan fingerprint density at radius 1 is 1.11 bits per heavy atom. The number of amides is 3. The van der Waals surface area contributed by atoms with Crippen molar-refractivity contribution in [3.05, 3.63) is 35.4 Å². The van der Waals surface area contributed by atoms with Gasteiger partial charge >= 0.3 is 6.09 Å². The molecule has 2 saturated heterocycles. The van der Waals surface area contributed by atoms with E-state index in [1.807, 2.05) is 32.5 Å². The Hall–Kier alpha value is -2.02. The number of hydrogen-bond acceptors (Lipinski definition) is 5. The minimum atomic E-state index is -0.517. The van der Waals surface area contributed by atoms with E-state index in [0.717, 1.165) is 25.0 Å². The molecule has 4 rings (SSSR count). The van der Waals surface area contributed by atoms with Crippen LogP contribution in [0.25, 0.3) is 0 Å². The smallest absolute Gasteiger partial charge is 0.410 e. The molecule has 0 bridgehead atoms. The number of carbonyl (C=O) groups is 3. The summed E-state index contributed by atoms with van der Waals surface area (Å²) in [6, 6.07) is 6.94. The van der Waals surface area contributed by atoms with Gasteiger partial charge in [0.05, 0.1) is 17.2 Å². The molecule has 1 spiro atoms. The van der Waals surface area contributed by atoms with Crippen molar-refractivity contribution in [2.45, 2.75) is 56.4 Å². The van der Waals surface area contributed by atoms with Gasteiger partial charge in [0, 0.05) is 17.8 Å². The van der Waals surface area contributed by atoms with Gasteiger partial charge in [-0.05, 0) is 57.9 Å². The molecule has 1 aromatic rings. The fourth-order valence-corrected chi connectivity index (χ4v) is 6.09. The van der Waals surface area contributed by atoms with Gasteiger partial charge in [0.15, 0.2) is 0 Å². The van der Waals surface area contributed by atoms with Gasteiger partial charge < -0.3 is 9.64 Å². The van der Waals surface area contributed by atoms with E-state index >= 15 is 0 Å². The lowest BCUT2D eigenvalue weighted by molar-refractivity contribution is 0.0159. The largest absolute Gasteiger partial charge is 0.444 e. The minimum absolute atomic E-state index is 0.120. The molecule has 3 amide bonds. The van der Waals surface area contributed by atoms with Gasteiger partial charge in [-0.15, -0.1) is 0 Å². The highest BCUT2D eigenvalue weighted by atomic mass is 32.2. The van der Waals surface area contributed by atoms with E-state index < -0.39 is 5.60 Å². The van der Waals surface area contributed by atoms with E-state index in [1.165, 1.54) is 4.90 Å². The van der Waals surface area contributed by atoms with Crippen LogP contribution in [0.2, 0.25) is 0 Å².